The van der Waals surface area contributed by atoms with E-state index in [0.717, 1.165) is 19.1 Å². The van der Waals surface area contributed by atoms with Crippen molar-refractivity contribution in [3.8, 4) is 0 Å². The van der Waals surface area contributed by atoms with Crippen LogP contribution >= 0.6 is 0 Å². The van der Waals surface area contributed by atoms with Crippen molar-refractivity contribution in [2.45, 2.75) is 85.0 Å². The summed E-state index contributed by atoms with van der Waals surface area (Å²) in [6.45, 7) is 22.4. The Balaban J connectivity index is 3.11. The second kappa shape index (κ2) is 5.66. The van der Waals surface area contributed by atoms with Crippen molar-refractivity contribution in [1.29, 1.82) is 0 Å². The molecule has 0 N–H and O–H groups in total. The lowest BCUT2D eigenvalue weighted by Crippen LogP contribution is -2.52. The maximum atomic E-state index is 11.3. The highest BCUT2D eigenvalue weighted by Gasteiger charge is 2.50. The van der Waals surface area contributed by atoms with Crippen LogP contribution in [0.2, 0.25) is 18.1 Å². The van der Waals surface area contributed by atoms with E-state index in [9.17, 15) is 4.79 Å². The van der Waals surface area contributed by atoms with E-state index in [1.165, 1.54) is 5.57 Å². The van der Waals surface area contributed by atoms with E-state index in [-0.39, 0.29) is 22.0 Å². The van der Waals surface area contributed by atoms with E-state index in [1.807, 2.05) is 0 Å². The Morgan fingerprint density at radius 1 is 1.33 bits per heavy atom. The second-order valence-corrected chi connectivity index (χ2v) is 13.8. The highest BCUT2D eigenvalue weighted by molar-refractivity contribution is 6.74. The molecule has 0 aromatic rings. The molecule has 122 valence electrons. The number of rotatable bonds is 4. The van der Waals surface area contributed by atoms with Crippen LogP contribution in [-0.2, 0) is 9.22 Å². The number of hydrogen-bond donors (Lipinski definition) is 0. The summed E-state index contributed by atoms with van der Waals surface area (Å²) in [4.78, 5) is 11.3. The summed E-state index contributed by atoms with van der Waals surface area (Å²) in [5, 5.41) is 0.184. The second-order valence-electron chi connectivity index (χ2n) is 9.06. The minimum Gasteiger partial charge on any atom is -0.413 e. The summed E-state index contributed by atoms with van der Waals surface area (Å²) in [5.41, 5.74) is 1.03. The van der Waals surface area contributed by atoms with Gasteiger partial charge in [-0.2, -0.15) is 0 Å². The largest absolute Gasteiger partial charge is 0.413 e. The van der Waals surface area contributed by atoms with Gasteiger partial charge in [0.1, 0.15) is 6.29 Å². The Morgan fingerprint density at radius 3 is 2.29 bits per heavy atom. The molecule has 2 atom stereocenters. The van der Waals surface area contributed by atoms with Gasteiger partial charge < -0.3 is 9.22 Å². The third-order valence-corrected chi connectivity index (χ3v) is 10.5. The first-order valence-electron chi connectivity index (χ1n) is 8.09. The first-order valence-corrected chi connectivity index (χ1v) is 11.0. The molecule has 1 rings (SSSR count). The first kappa shape index (κ1) is 18.6. The SMILES string of the molecule is C=C1C(C)(C)CC[C@@H](O[Si](C)(C)C(C)(C)C)[C@]1(C)CC=O. The van der Waals surface area contributed by atoms with Crippen molar-refractivity contribution in [3.05, 3.63) is 12.2 Å². The lowest BCUT2D eigenvalue weighted by molar-refractivity contribution is -0.111. The van der Waals surface area contributed by atoms with E-state index in [1.54, 1.807) is 0 Å². The van der Waals surface area contributed by atoms with E-state index >= 15 is 0 Å². The summed E-state index contributed by atoms with van der Waals surface area (Å²) >= 11 is 0. The molecule has 0 aliphatic heterocycles. The third-order valence-electron chi connectivity index (χ3n) is 6.00. The van der Waals surface area contributed by atoms with E-state index in [2.05, 4.69) is 61.2 Å². The molecule has 21 heavy (non-hydrogen) atoms. The van der Waals surface area contributed by atoms with Gasteiger partial charge in [0.05, 0.1) is 6.10 Å². The molecule has 0 radical (unpaired) electrons. The molecule has 3 heteroatoms. The van der Waals surface area contributed by atoms with Crippen LogP contribution in [0.3, 0.4) is 0 Å². The average molecular weight is 311 g/mol. The van der Waals surface area contributed by atoms with Crippen LogP contribution in [-0.4, -0.2) is 20.7 Å². The van der Waals surface area contributed by atoms with Crippen LogP contribution in [0, 0.1) is 10.8 Å². The molecule has 2 nitrogen and oxygen atoms in total. The fraction of sp³-hybridized carbons (Fsp3) is 0.833. The van der Waals surface area contributed by atoms with Crippen molar-refractivity contribution in [1.82, 2.24) is 0 Å². The maximum Gasteiger partial charge on any atom is 0.192 e. The molecule has 0 saturated heterocycles. The van der Waals surface area contributed by atoms with E-state index < -0.39 is 8.32 Å². The maximum absolute atomic E-state index is 11.3. The minimum atomic E-state index is -1.84. The zero-order chi connectivity index (χ0) is 16.7. The van der Waals surface area contributed by atoms with Crippen LogP contribution in [0.5, 0.6) is 0 Å². The molecule has 0 unspecified atom stereocenters. The minimum absolute atomic E-state index is 0.0883. The van der Waals surface area contributed by atoms with Gasteiger partial charge in [0, 0.05) is 11.8 Å². The molecule has 0 amide bonds. The lowest BCUT2D eigenvalue weighted by Gasteiger charge is -2.53. The molecule has 0 spiro atoms. The van der Waals surface area contributed by atoms with Crippen molar-refractivity contribution >= 4 is 14.6 Å². The van der Waals surface area contributed by atoms with Gasteiger partial charge in [0.2, 0.25) is 0 Å². The van der Waals surface area contributed by atoms with Crippen LogP contribution in [0.1, 0.15) is 60.8 Å². The summed E-state index contributed by atoms with van der Waals surface area (Å²) in [6.07, 6.45) is 3.76. The Bertz CT molecular complexity index is 417. The summed E-state index contributed by atoms with van der Waals surface area (Å²) in [6, 6.07) is 0. The Hall–Kier alpha value is -0.413. The zero-order valence-corrected chi connectivity index (χ0v) is 16.3. The van der Waals surface area contributed by atoms with E-state index in [4.69, 9.17) is 4.43 Å². The number of aldehydes is 1. The van der Waals surface area contributed by atoms with Crippen molar-refractivity contribution < 1.29 is 9.22 Å². The summed E-state index contributed by atoms with van der Waals surface area (Å²) in [7, 11) is -1.84. The van der Waals surface area contributed by atoms with Gasteiger partial charge in [-0.1, -0.05) is 53.7 Å². The fourth-order valence-corrected chi connectivity index (χ4v) is 4.52. The van der Waals surface area contributed by atoms with Crippen LogP contribution in [0.15, 0.2) is 12.2 Å². The standard InChI is InChI=1S/C18H34O2Si/c1-14-17(5,6)11-10-15(18(14,7)12-13-19)20-21(8,9)16(2,3)4/h13,15H,1,10-12H2,2-9H3/t15-,18-/m1/s1. The van der Waals surface area contributed by atoms with Gasteiger partial charge in [0.15, 0.2) is 8.32 Å². The van der Waals surface area contributed by atoms with Gasteiger partial charge >= 0.3 is 0 Å². The molecule has 0 aromatic heterocycles. The van der Waals surface area contributed by atoms with E-state index in [0.29, 0.717) is 6.42 Å². The van der Waals surface area contributed by atoms with Gasteiger partial charge in [0.25, 0.3) is 0 Å². The van der Waals surface area contributed by atoms with Crippen LogP contribution in [0.4, 0.5) is 0 Å². The smallest absolute Gasteiger partial charge is 0.192 e. The molecule has 1 aliphatic carbocycles. The predicted octanol–water partition coefficient (Wildman–Crippen LogP) is 5.35. The van der Waals surface area contributed by atoms with Gasteiger partial charge in [-0.3, -0.25) is 0 Å². The van der Waals surface area contributed by atoms with Gasteiger partial charge in [-0.15, -0.1) is 0 Å². The topological polar surface area (TPSA) is 26.3 Å². The third kappa shape index (κ3) is 3.50. The highest BCUT2D eigenvalue weighted by atomic mass is 28.4. The number of hydrogen-bond acceptors (Lipinski definition) is 2. The molecular weight excluding hydrogens is 276 g/mol. The predicted molar refractivity (Wildman–Crippen MR) is 93.0 cm³/mol. The normalized spacial score (nSPS) is 30.3. The molecule has 0 heterocycles. The van der Waals surface area contributed by atoms with Crippen LogP contribution in [0.25, 0.3) is 0 Å². The molecule has 0 bridgehead atoms. The molecule has 0 aromatic carbocycles. The van der Waals surface area contributed by atoms with Gasteiger partial charge in [-0.05, 0) is 36.4 Å². The molecule has 1 saturated carbocycles. The molecule has 1 aliphatic rings. The molecule has 1 fully saturated rings. The average Bonchev–Trinajstić information content (AvgIpc) is 2.30. The van der Waals surface area contributed by atoms with Crippen molar-refractivity contribution in [2.24, 2.45) is 10.8 Å². The van der Waals surface area contributed by atoms with Crippen LogP contribution < -0.4 is 0 Å². The number of carbonyl (C=O) groups excluding carboxylic acids is 1. The Morgan fingerprint density at radius 2 is 1.86 bits per heavy atom. The monoisotopic (exact) mass is 310 g/mol. The quantitative estimate of drug-likeness (QED) is 0.397. The fourth-order valence-electron chi connectivity index (χ4n) is 3.08. The van der Waals surface area contributed by atoms with Gasteiger partial charge in [-0.25, -0.2) is 0 Å². The summed E-state index contributed by atoms with van der Waals surface area (Å²) in [5.74, 6) is 0. The Labute approximate surface area is 132 Å². The van der Waals surface area contributed by atoms with Crippen molar-refractivity contribution in [3.63, 3.8) is 0 Å². The zero-order valence-electron chi connectivity index (χ0n) is 15.3. The lowest BCUT2D eigenvalue weighted by atomic mass is 9.58. The molecular formula is C18H34O2Si. The van der Waals surface area contributed by atoms with Crippen molar-refractivity contribution in [2.75, 3.05) is 0 Å². The summed E-state index contributed by atoms with van der Waals surface area (Å²) < 4.78 is 6.69. The Kier molecular flexibility index (Phi) is 5.02. The highest BCUT2D eigenvalue weighted by Crippen LogP contribution is 2.54. The first-order chi connectivity index (χ1) is 9.28. The number of carbonyl (C=O) groups is 1.